The zero-order valence-corrected chi connectivity index (χ0v) is 10.4. The van der Waals surface area contributed by atoms with Crippen molar-refractivity contribution in [2.24, 2.45) is 0 Å². The number of thiophene rings is 1. The highest BCUT2D eigenvalue weighted by molar-refractivity contribution is 7.12. The van der Waals surface area contributed by atoms with Crippen LogP contribution in [0.3, 0.4) is 0 Å². The second kappa shape index (κ2) is 4.87. The SMILES string of the molecule is O=C(Nc1cc(Cl)ccc1Cl)c1cccs1. The molecule has 0 fully saturated rings. The molecule has 0 spiro atoms. The van der Waals surface area contributed by atoms with Crippen molar-refractivity contribution in [3.63, 3.8) is 0 Å². The fraction of sp³-hybridized carbons (Fsp3) is 0. The van der Waals surface area contributed by atoms with Gasteiger partial charge in [-0.25, -0.2) is 0 Å². The minimum absolute atomic E-state index is 0.181. The highest BCUT2D eigenvalue weighted by Crippen LogP contribution is 2.26. The lowest BCUT2D eigenvalue weighted by atomic mass is 10.3. The van der Waals surface area contributed by atoms with E-state index in [9.17, 15) is 4.79 Å². The number of nitrogens with one attached hydrogen (secondary N) is 1. The molecule has 1 amide bonds. The van der Waals surface area contributed by atoms with Gasteiger partial charge in [0.1, 0.15) is 0 Å². The molecule has 1 heterocycles. The van der Waals surface area contributed by atoms with Gasteiger partial charge in [-0.3, -0.25) is 4.79 Å². The number of amides is 1. The summed E-state index contributed by atoms with van der Waals surface area (Å²) in [5.41, 5.74) is 0.521. The Labute approximate surface area is 107 Å². The molecule has 1 N–H and O–H groups in total. The summed E-state index contributed by atoms with van der Waals surface area (Å²) >= 11 is 13.1. The van der Waals surface area contributed by atoms with Gasteiger partial charge in [0.25, 0.3) is 5.91 Å². The van der Waals surface area contributed by atoms with Gasteiger partial charge in [0.05, 0.1) is 15.6 Å². The zero-order valence-electron chi connectivity index (χ0n) is 8.04. The molecule has 0 radical (unpaired) electrons. The Morgan fingerprint density at radius 3 is 2.75 bits per heavy atom. The van der Waals surface area contributed by atoms with Crippen molar-refractivity contribution < 1.29 is 4.79 Å². The Balaban J connectivity index is 2.21. The number of hydrogen-bond donors (Lipinski definition) is 1. The molecule has 0 saturated carbocycles. The molecule has 0 aliphatic heterocycles. The van der Waals surface area contributed by atoms with Crippen molar-refractivity contribution in [3.05, 3.63) is 50.6 Å². The van der Waals surface area contributed by atoms with E-state index in [1.165, 1.54) is 11.3 Å². The third kappa shape index (κ3) is 2.55. The molecule has 5 heteroatoms. The number of carbonyl (C=O) groups excluding carboxylic acids is 1. The van der Waals surface area contributed by atoms with Crippen molar-refractivity contribution in [1.29, 1.82) is 0 Å². The van der Waals surface area contributed by atoms with Crippen LogP contribution >= 0.6 is 34.5 Å². The van der Waals surface area contributed by atoms with Crippen molar-refractivity contribution in [1.82, 2.24) is 0 Å². The second-order valence-electron chi connectivity index (χ2n) is 3.06. The molecule has 0 aliphatic carbocycles. The van der Waals surface area contributed by atoms with Crippen molar-refractivity contribution in [3.8, 4) is 0 Å². The van der Waals surface area contributed by atoms with Crippen LogP contribution in [-0.4, -0.2) is 5.91 Å². The first-order valence-electron chi connectivity index (χ1n) is 4.47. The minimum Gasteiger partial charge on any atom is -0.320 e. The monoisotopic (exact) mass is 271 g/mol. The van der Waals surface area contributed by atoms with Gasteiger partial charge < -0.3 is 5.32 Å². The highest BCUT2D eigenvalue weighted by Gasteiger charge is 2.09. The first-order valence-corrected chi connectivity index (χ1v) is 6.10. The maximum Gasteiger partial charge on any atom is 0.265 e. The van der Waals surface area contributed by atoms with Crippen molar-refractivity contribution in [2.45, 2.75) is 0 Å². The Morgan fingerprint density at radius 1 is 1.25 bits per heavy atom. The largest absolute Gasteiger partial charge is 0.320 e. The van der Waals surface area contributed by atoms with Crippen LogP contribution in [0.15, 0.2) is 35.7 Å². The van der Waals surface area contributed by atoms with E-state index in [1.807, 2.05) is 11.4 Å². The van der Waals surface area contributed by atoms with Gasteiger partial charge in [0.15, 0.2) is 0 Å². The molecule has 0 bridgehead atoms. The van der Waals surface area contributed by atoms with Crippen LogP contribution in [0.2, 0.25) is 10.0 Å². The number of halogens is 2. The molecule has 2 nitrogen and oxygen atoms in total. The molecule has 0 atom stereocenters. The summed E-state index contributed by atoms with van der Waals surface area (Å²) in [7, 11) is 0. The fourth-order valence-corrected chi connectivity index (χ4v) is 2.14. The molecule has 82 valence electrons. The smallest absolute Gasteiger partial charge is 0.265 e. The molecule has 1 aromatic carbocycles. The molecule has 2 rings (SSSR count). The van der Waals surface area contributed by atoms with E-state index in [0.717, 1.165) is 0 Å². The standard InChI is InChI=1S/C11H7Cl2NOS/c12-7-3-4-8(13)9(6-7)14-11(15)10-2-1-5-16-10/h1-6H,(H,14,15). The van der Waals surface area contributed by atoms with E-state index in [2.05, 4.69) is 5.32 Å². The summed E-state index contributed by atoms with van der Waals surface area (Å²) in [6.45, 7) is 0. The first kappa shape index (κ1) is 11.5. The van der Waals surface area contributed by atoms with Crippen LogP contribution in [0.4, 0.5) is 5.69 Å². The normalized spacial score (nSPS) is 10.1. The topological polar surface area (TPSA) is 29.1 Å². The molecule has 0 aliphatic rings. The van der Waals surface area contributed by atoms with Gasteiger partial charge in [-0.2, -0.15) is 0 Å². The average molecular weight is 272 g/mol. The predicted molar refractivity (Wildman–Crippen MR) is 68.7 cm³/mol. The van der Waals surface area contributed by atoms with Gasteiger partial charge in [0, 0.05) is 5.02 Å². The maximum absolute atomic E-state index is 11.7. The molecule has 2 aromatic rings. The Morgan fingerprint density at radius 2 is 2.06 bits per heavy atom. The van der Waals surface area contributed by atoms with Crippen molar-refractivity contribution in [2.75, 3.05) is 5.32 Å². The van der Waals surface area contributed by atoms with Crippen LogP contribution in [-0.2, 0) is 0 Å². The maximum atomic E-state index is 11.7. The number of hydrogen-bond acceptors (Lipinski definition) is 2. The second-order valence-corrected chi connectivity index (χ2v) is 4.85. The molecule has 0 unspecified atom stereocenters. The summed E-state index contributed by atoms with van der Waals surface area (Å²) in [6, 6.07) is 8.51. The number of carbonyl (C=O) groups is 1. The fourth-order valence-electron chi connectivity index (χ4n) is 1.18. The predicted octanol–water partition coefficient (Wildman–Crippen LogP) is 4.31. The lowest BCUT2D eigenvalue weighted by Crippen LogP contribution is -2.10. The van der Waals surface area contributed by atoms with Crippen LogP contribution in [0.25, 0.3) is 0 Å². The molecule has 0 saturated heterocycles. The summed E-state index contributed by atoms with van der Waals surface area (Å²) in [5.74, 6) is -0.181. The Kier molecular flexibility index (Phi) is 3.49. The third-order valence-corrected chi connectivity index (χ3v) is 3.35. The van der Waals surface area contributed by atoms with E-state index in [0.29, 0.717) is 20.6 Å². The van der Waals surface area contributed by atoms with E-state index in [4.69, 9.17) is 23.2 Å². The van der Waals surface area contributed by atoms with Crippen LogP contribution in [0, 0.1) is 0 Å². The zero-order chi connectivity index (χ0) is 11.5. The molecule has 1 aromatic heterocycles. The summed E-state index contributed by atoms with van der Waals surface area (Å²) in [5, 5.41) is 5.55. The minimum atomic E-state index is -0.181. The summed E-state index contributed by atoms with van der Waals surface area (Å²) in [6.07, 6.45) is 0. The quantitative estimate of drug-likeness (QED) is 0.867. The molecular formula is C11H7Cl2NOS. The molecule has 16 heavy (non-hydrogen) atoms. The van der Waals surface area contributed by atoms with Crippen LogP contribution in [0.1, 0.15) is 9.67 Å². The van der Waals surface area contributed by atoms with E-state index in [-0.39, 0.29) is 5.91 Å². The highest BCUT2D eigenvalue weighted by atomic mass is 35.5. The van der Waals surface area contributed by atoms with Gasteiger partial charge in [-0.15, -0.1) is 11.3 Å². The number of anilines is 1. The van der Waals surface area contributed by atoms with Crippen LogP contribution in [0.5, 0.6) is 0 Å². The Hall–Kier alpha value is -1.03. The van der Waals surface area contributed by atoms with E-state index in [1.54, 1.807) is 24.3 Å². The van der Waals surface area contributed by atoms with Crippen LogP contribution < -0.4 is 5.32 Å². The summed E-state index contributed by atoms with van der Waals surface area (Å²) < 4.78 is 0. The van der Waals surface area contributed by atoms with E-state index >= 15 is 0 Å². The van der Waals surface area contributed by atoms with Crippen molar-refractivity contribution >= 4 is 46.1 Å². The first-order chi connectivity index (χ1) is 7.66. The summed E-state index contributed by atoms with van der Waals surface area (Å²) in [4.78, 5) is 12.4. The molecular weight excluding hydrogens is 265 g/mol. The Bertz CT molecular complexity index is 511. The van der Waals surface area contributed by atoms with Gasteiger partial charge in [0.2, 0.25) is 0 Å². The number of rotatable bonds is 2. The third-order valence-electron chi connectivity index (χ3n) is 1.92. The van der Waals surface area contributed by atoms with Gasteiger partial charge in [-0.1, -0.05) is 29.3 Å². The van der Waals surface area contributed by atoms with E-state index < -0.39 is 0 Å². The lowest BCUT2D eigenvalue weighted by Gasteiger charge is -2.06. The number of benzene rings is 1. The van der Waals surface area contributed by atoms with Gasteiger partial charge in [-0.05, 0) is 29.6 Å². The van der Waals surface area contributed by atoms with Gasteiger partial charge >= 0.3 is 0 Å². The average Bonchev–Trinajstić information content (AvgIpc) is 2.76. The lowest BCUT2D eigenvalue weighted by molar-refractivity contribution is 0.103.